The van der Waals surface area contributed by atoms with Gasteiger partial charge in [-0.3, -0.25) is 0 Å². The second-order valence-corrected chi connectivity index (χ2v) is 2.91. The van der Waals surface area contributed by atoms with E-state index in [0.717, 1.165) is 16.0 Å². The van der Waals surface area contributed by atoms with E-state index in [0.29, 0.717) is 6.79 Å². The van der Waals surface area contributed by atoms with Crippen molar-refractivity contribution in [1.82, 2.24) is 0 Å². The van der Waals surface area contributed by atoms with E-state index >= 15 is 0 Å². The number of rotatable bonds is 0. The Morgan fingerprint density at radius 3 is 2.58 bits per heavy atom. The highest BCUT2D eigenvalue weighted by molar-refractivity contribution is 9.10. The van der Waals surface area contributed by atoms with E-state index in [4.69, 9.17) is 9.47 Å². The van der Waals surface area contributed by atoms with E-state index in [2.05, 4.69) is 15.9 Å². The van der Waals surface area contributed by atoms with Crippen LogP contribution in [-0.2, 0) is 0 Å². The standard InChI is InChI=1S/C7H5BrO2.C2H6/c8-5-1-2-6-7(3-5)10-4-9-6;1-2/h1-3H,4H2;1-2H3. The van der Waals surface area contributed by atoms with Crippen LogP contribution in [0.25, 0.3) is 0 Å². The largest absolute Gasteiger partial charge is 0.454 e. The van der Waals surface area contributed by atoms with Crippen LogP contribution in [0.4, 0.5) is 0 Å². The van der Waals surface area contributed by atoms with Crippen molar-refractivity contribution in [1.29, 1.82) is 0 Å². The van der Waals surface area contributed by atoms with E-state index in [1.165, 1.54) is 0 Å². The van der Waals surface area contributed by atoms with Crippen LogP contribution in [0.1, 0.15) is 13.8 Å². The molecule has 2 nitrogen and oxygen atoms in total. The molecule has 0 fully saturated rings. The fourth-order valence-corrected chi connectivity index (χ4v) is 1.21. The average Bonchev–Trinajstić information content (AvgIpc) is 2.54. The van der Waals surface area contributed by atoms with Gasteiger partial charge < -0.3 is 9.47 Å². The quantitative estimate of drug-likeness (QED) is 0.682. The first-order chi connectivity index (χ1) is 5.86. The molecule has 12 heavy (non-hydrogen) atoms. The van der Waals surface area contributed by atoms with Crippen LogP contribution in [0.15, 0.2) is 22.7 Å². The minimum atomic E-state index is 0.339. The number of benzene rings is 1. The van der Waals surface area contributed by atoms with Crippen molar-refractivity contribution in [2.75, 3.05) is 6.79 Å². The summed E-state index contributed by atoms with van der Waals surface area (Å²) in [7, 11) is 0. The molecule has 0 unspecified atom stereocenters. The van der Waals surface area contributed by atoms with E-state index in [1.807, 2.05) is 32.0 Å². The summed E-state index contributed by atoms with van der Waals surface area (Å²) in [5.74, 6) is 1.64. The zero-order chi connectivity index (χ0) is 8.97. The van der Waals surface area contributed by atoms with Gasteiger partial charge in [-0.2, -0.15) is 0 Å². The molecule has 1 aromatic rings. The lowest BCUT2D eigenvalue weighted by Crippen LogP contribution is -1.92. The molecule has 0 spiro atoms. The lowest BCUT2D eigenvalue weighted by Gasteiger charge is -1.93. The van der Waals surface area contributed by atoms with Crippen molar-refractivity contribution >= 4 is 15.9 Å². The van der Waals surface area contributed by atoms with Gasteiger partial charge in [-0.25, -0.2) is 0 Å². The number of ether oxygens (including phenoxy) is 2. The molecule has 0 amide bonds. The number of fused-ring (bicyclic) bond motifs is 1. The van der Waals surface area contributed by atoms with Crippen molar-refractivity contribution in [2.24, 2.45) is 0 Å². The highest BCUT2D eigenvalue weighted by Crippen LogP contribution is 2.33. The van der Waals surface area contributed by atoms with Gasteiger partial charge >= 0.3 is 0 Å². The van der Waals surface area contributed by atoms with Gasteiger partial charge in [0.25, 0.3) is 0 Å². The molecule has 2 rings (SSSR count). The number of halogens is 1. The maximum Gasteiger partial charge on any atom is 0.231 e. The Balaban J connectivity index is 0.000000336. The lowest BCUT2D eigenvalue weighted by atomic mass is 10.3. The molecule has 1 aliphatic heterocycles. The first kappa shape index (κ1) is 9.39. The van der Waals surface area contributed by atoms with Crippen LogP contribution in [0.5, 0.6) is 11.5 Å². The summed E-state index contributed by atoms with van der Waals surface area (Å²) in [6, 6.07) is 5.70. The second-order valence-electron chi connectivity index (χ2n) is 2.00. The predicted molar refractivity (Wildman–Crippen MR) is 51.6 cm³/mol. The molecular weight excluding hydrogens is 220 g/mol. The second kappa shape index (κ2) is 4.36. The zero-order valence-electron chi connectivity index (χ0n) is 7.13. The van der Waals surface area contributed by atoms with Gasteiger partial charge in [0, 0.05) is 4.47 Å². The fourth-order valence-electron chi connectivity index (χ4n) is 0.870. The molecule has 0 bridgehead atoms. The summed E-state index contributed by atoms with van der Waals surface area (Å²) in [6.45, 7) is 4.34. The van der Waals surface area contributed by atoms with Gasteiger partial charge in [-0.1, -0.05) is 29.8 Å². The average molecular weight is 231 g/mol. The Hall–Kier alpha value is -0.700. The Kier molecular flexibility index (Phi) is 3.41. The Morgan fingerprint density at radius 2 is 1.83 bits per heavy atom. The molecule has 0 saturated carbocycles. The molecule has 0 aromatic heterocycles. The first-order valence-corrected chi connectivity index (χ1v) is 4.71. The van der Waals surface area contributed by atoms with Gasteiger partial charge in [-0.15, -0.1) is 0 Å². The molecule has 1 heterocycles. The summed E-state index contributed by atoms with van der Waals surface area (Å²) in [5.41, 5.74) is 0. The summed E-state index contributed by atoms with van der Waals surface area (Å²) in [4.78, 5) is 0. The van der Waals surface area contributed by atoms with Crippen LogP contribution >= 0.6 is 15.9 Å². The van der Waals surface area contributed by atoms with Crippen LogP contribution in [0.2, 0.25) is 0 Å². The number of hydrogen-bond acceptors (Lipinski definition) is 2. The minimum Gasteiger partial charge on any atom is -0.454 e. The lowest BCUT2D eigenvalue weighted by molar-refractivity contribution is 0.174. The fraction of sp³-hybridized carbons (Fsp3) is 0.333. The Labute approximate surface area is 80.6 Å². The molecular formula is C9H11BrO2. The summed E-state index contributed by atoms with van der Waals surface area (Å²) >= 11 is 3.33. The SMILES string of the molecule is Brc1ccc2c(c1)OCO2.CC. The Morgan fingerprint density at radius 1 is 1.17 bits per heavy atom. The summed E-state index contributed by atoms with van der Waals surface area (Å²) < 4.78 is 11.2. The van der Waals surface area contributed by atoms with Gasteiger partial charge in [0.05, 0.1) is 0 Å². The van der Waals surface area contributed by atoms with Crippen molar-refractivity contribution < 1.29 is 9.47 Å². The first-order valence-electron chi connectivity index (χ1n) is 3.91. The Bertz CT molecular complexity index is 261. The van der Waals surface area contributed by atoms with E-state index in [9.17, 15) is 0 Å². The molecule has 0 saturated heterocycles. The maximum atomic E-state index is 5.13. The molecule has 0 N–H and O–H groups in total. The van der Waals surface area contributed by atoms with Gasteiger partial charge in [-0.05, 0) is 18.2 Å². The van der Waals surface area contributed by atoms with E-state index in [-0.39, 0.29) is 0 Å². The molecule has 66 valence electrons. The topological polar surface area (TPSA) is 18.5 Å². The smallest absolute Gasteiger partial charge is 0.231 e. The molecule has 0 aliphatic carbocycles. The molecule has 3 heteroatoms. The van der Waals surface area contributed by atoms with Gasteiger partial charge in [0.2, 0.25) is 6.79 Å². The highest BCUT2D eigenvalue weighted by atomic mass is 79.9. The minimum absolute atomic E-state index is 0.339. The third-order valence-corrected chi connectivity index (χ3v) is 1.83. The van der Waals surface area contributed by atoms with Crippen molar-refractivity contribution in [3.05, 3.63) is 22.7 Å². The molecule has 0 atom stereocenters. The maximum absolute atomic E-state index is 5.13. The van der Waals surface area contributed by atoms with Crippen molar-refractivity contribution in [3.8, 4) is 11.5 Å². The van der Waals surface area contributed by atoms with Crippen molar-refractivity contribution in [2.45, 2.75) is 13.8 Å². The zero-order valence-corrected chi connectivity index (χ0v) is 8.72. The third-order valence-electron chi connectivity index (χ3n) is 1.33. The van der Waals surface area contributed by atoms with Crippen molar-refractivity contribution in [3.63, 3.8) is 0 Å². The third kappa shape index (κ3) is 1.91. The normalized spacial score (nSPS) is 11.9. The summed E-state index contributed by atoms with van der Waals surface area (Å²) in [6.07, 6.45) is 0. The highest BCUT2D eigenvalue weighted by Gasteiger charge is 2.11. The van der Waals surface area contributed by atoms with Crippen LogP contribution in [0.3, 0.4) is 0 Å². The van der Waals surface area contributed by atoms with E-state index in [1.54, 1.807) is 0 Å². The number of hydrogen-bond donors (Lipinski definition) is 0. The van der Waals surface area contributed by atoms with Crippen LogP contribution in [0, 0.1) is 0 Å². The van der Waals surface area contributed by atoms with Gasteiger partial charge in [0.15, 0.2) is 11.5 Å². The monoisotopic (exact) mass is 230 g/mol. The molecule has 0 radical (unpaired) electrons. The molecule has 1 aromatic carbocycles. The predicted octanol–water partition coefficient (Wildman–Crippen LogP) is 3.20. The molecule has 1 aliphatic rings. The van der Waals surface area contributed by atoms with Gasteiger partial charge in [0.1, 0.15) is 0 Å². The summed E-state index contributed by atoms with van der Waals surface area (Å²) in [5, 5.41) is 0. The van der Waals surface area contributed by atoms with Crippen LogP contribution < -0.4 is 9.47 Å². The van der Waals surface area contributed by atoms with Crippen LogP contribution in [-0.4, -0.2) is 6.79 Å². The van der Waals surface area contributed by atoms with E-state index < -0.39 is 0 Å².